The molecular formula is C24H35N3OS2. The van der Waals surface area contributed by atoms with Crippen LogP contribution in [0, 0.1) is 5.41 Å². The Morgan fingerprint density at radius 3 is 2.60 bits per heavy atom. The summed E-state index contributed by atoms with van der Waals surface area (Å²) in [5.41, 5.74) is 3.44. The number of aromatic nitrogens is 1. The number of carbonyl (C=O) groups is 1. The number of rotatable bonds is 6. The van der Waals surface area contributed by atoms with Crippen molar-refractivity contribution in [1.82, 2.24) is 15.2 Å². The van der Waals surface area contributed by atoms with Gasteiger partial charge in [-0.15, -0.1) is 23.1 Å². The maximum Gasteiger partial charge on any atom is 0.125 e. The Morgan fingerprint density at radius 2 is 2.03 bits per heavy atom. The van der Waals surface area contributed by atoms with Crippen molar-refractivity contribution in [3.63, 3.8) is 0 Å². The molecule has 0 aliphatic carbocycles. The third-order valence-corrected chi connectivity index (χ3v) is 6.98. The number of hydrogen-bond acceptors (Lipinski definition) is 6. The van der Waals surface area contributed by atoms with Crippen LogP contribution in [-0.4, -0.2) is 48.2 Å². The van der Waals surface area contributed by atoms with Crippen molar-refractivity contribution in [3.05, 3.63) is 46.3 Å². The summed E-state index contributed by atoms with van der Waals surface area (Å²) in [6, 6.07) is 8.91. The van der Waals surface area contributed by atoms with Crippen LogP contribution in [0.3, 0.4) is 0 Å². The topological polar surface area (TPSA) is 45.2 Å². The third kappa shape index (κ3) is 7.05. The summed E-state index contributed by atoms with van der Waals surface area (Å²) < 4.78 is 1.23. The van der Waals surface area contributed by atoms with Crippen molar-refractivity contribution < 1.29 is 4.79 Å². The van der Waals surface area contributed by atoms with Crippen LogP contribution in [0.2, 0.25) is 0 Å². The molecule has 1 N–H and O–H groups in total. The van der Waals surface area contributed by atoms with E-state index in [-0.39, 0.29) is 5.41 Å². The molecule has 1 aliphatic rings. The second-order valence-electron chi connectivity index (χ2n) is 8.81. The van der Waals surface area contributed by atoms with Gasteiger partial charge in [0.25, 0.3) is 0 Å². The quantitative estimate of drug-likeness (QED) is 0.448. The number of benzene rings is 1. The molecule has 3 rings (SSSR count). The molecule has 0 spiro atoms. The van der Waals surface area contributed by atoms with E-state index >= 15 is 0 Å². The smallest absolute Gasteiger partial charge is 0.125 e. The van der Waals surface area contributed by atoms with Crippen molar-refractivity contribution in [1.29, 1.82) is 0 Å². The van der Waals surface area contributed by atoms with Crippen LogP contribution in [0.25, 0.3) is 15.8 Å². The number of thiazole rings is 1. The number of hydrogen-bond donors (Lipinski definition) is 1. The van der Waals surface area contributed by atoms with Crippen LogP contribution < -0.4 is 5.32 Å². The zero-order chi connectivity index (χ0) is 22.3. The molecule has 0 bridgehead atoms. The summed E-state index contributed by atoms with van der Waals surface area (Å²) in [5.74, 6) is 0.928. The first-order chi connectivity index (χ1) is 14.2. The molecule has 2 heterocycles. The summed E-state index contributed by atoms with van der Waals surface area (Å²) in [7, 11) is 2.00. The van der Waals surface area contributed by atoms with E-state index in [0.717, 1.165) is 47.8 Å². The second-order valence-corrected chi connectivity index (χ2v) is 10.9. The van der Waals surface area contributed by atoms with Gasteiger partial charge in [-0.1, -0.05) is 39.5 Å². The van der Waals surface area contributed by atoms with Gasteiger partial charge in [0.1, 0.15) is 11.3 Å². The number of fused-ring (bicyclic) bond motifs is 1. The van der Waals surface area contributed by atoms with Crippen molar-refractivity contribution >= 4 is 45.2 Å². The maximum absolute atomic E-state index is 9.83. The maximum atomic E-state index is 9.83. The highest BCUT2D eigenvalue weighted by Crippen LogP contribution is 2.38. The van der Waals surface area contributed by atoms with Gasteiger partial charge >= 0.3 is 0 Å². The van der Waals surface area contributed by atoms with Crippen molar-refractivity contribution in [2.24, 2.45) is 5.41 Å². The van der Waals surface area contributed by atoms with Gasteiger partial charge in [-0.3, -0.25) is 4.90 Å². The molecule has 0 amide bonds. The molecule has 0 saturated heterocycles. The average molecular weight is 446 g/mol. The number of nitrogens with one attached hydrogen (secondary N) is 1. The molecule has 0 atom stereocenters. The predicted octanol–water partition coefficient (Wildman–Crippen LogP) is 5.82. The van der Waals surface area contributed by atoms with Crippen LogP contribution in [0.1, 0.15) is 46.0 Å². The van der Waals surface area contributed by atoms with Gasteiger partial charge < -0.3 is 10.1 Å². The Labute approximate surface area is 189 Å². The predicted molar refractivity (Wildman–Crippen MR) is 134 cm³/mol. The van der Waals surface area contributed by atoms with E-state index in [1.165, 1.54) is 15.2 Å². The zero-order valence-electron chi connectivity index (χ0n) is 19.1. The standard InChI is InChI=1S/C19H25N3S2.C5H10O/c1-13(2)22-10-9-15(18(11-22)23-12-20-4)14(3)19-21-16-7-5-6-8-17(16)24-19;1-5(2,3)4-6/h5-8,13,20H,3,9-12H2,1-2,4H3;4H,1-3H3. The van der Waals surface area contributed by atoms with Crippen molar-refractivity contribution in [2.75, 3.05) is 26.0 Å². The van der Waals surface area contributed by atoms with Gasteiger partial charge in [-0.05, 0) is 45.0 Å². The molecule has 30 heavy (non-hydrogen) atoms. The monoisotopic (exact) mass is 445 g/mol. The molecule has 0 unspecified atom stereocenters. The van der Waals surface area contributed by atoms with Crippen molar-refractivity contribution in [2.45, 2.75) is 47.1 Å². The van der Waals surface area contributed by atoms with E-state index in [4.69, 9.17) is 4.98 Å². The highest BCUT2D eigenvalue weighted by Gasteiger charge is 2.24. The molecule has 0 fully saturated rings. The summed E-state index contributed by atoms with van der Waals surface area (Å²) >= 11 is 3.65. The lowest BCUT2D eigenvalue weighted by Crippen LogP contribution is -2.36. The van der Waals surface area contributed by atoms with E-state index in [9.17, 15) is 4.79 Å². The number of carbonyl (C=O) groups excluding carboxylic acids is 1. The fraction of sp³-hybridized carbons (Fsp3) is 0.500. The first-order valence-electron chi connectivity index (χ1n) is 10.4. The molecule has 1 aromatic heterocycles. The lowest BCUT2D eigenvalue weighted by atomic mass is 10.00. The molecule has 4 nitrogen and oxygen atoms in total. The number of thioether (sulfide) groups is 1. The van der Waals surface area contributed by atoms with E-state index in [1.54, 1.807) is 11.3 Å². The molecule has 2 aromatic rings. The summed E-state index contributed by atoms with van der Waals surface area (Å²) in [6.07, 6.45) is 1.99. The Balaban J connectivity index is 0.000000469. The van der Waals surface area contributed by atoms with E-state index in [1.807, 2.05) is 45.6 Å². The Kier molecular flexibility index (Phi) is 9.29. The fourth-order valence-corrected chi connectivity index (χ4v) is 4.87. The lowest BCUT2D eigenvalue weighted by molar-refractivity contribution is -0.113. The second kappa shape index (κ2) is 11.2. The fourth-order valence-electron chi connectivity index (χ4n) is 2.94. The lowest BCUT2D eigenvalue weighted by Gasteiger charge is -2.33. The highest BCUT2D eigenvalue weighted by atomic mass is 32.2. The third-order valence-electron chi connectivity index (χ3n) is 4.72. The molecule has 164 valence electrons. The summed E-state index contributed by atoms with van der Waals surface area (Å²) in [5, 5.41) is 4.31. The number of aldehydes is 1. The average Bonchev–Trinajstić information content (AvgIpc) is 3.15. The van der Waals surface area contributed by atoms with Gasteiger partial charge in [-0.2, -0.15) is 0 Å². The minimum Gasteiger partial charge on any atom is -0.311 e. The van der Waals surface area contributed by atoms with Gasteiger partial charge in [0.15, 0.2) is 0 Å². The van der Waals surface area contributed by atoms with Crippen LogP contribution in [-0.2, 0) is 4.79 Å². The first-order valence-corrected chi connectivity index (χ1v) is 12.2. The van der Waals surface area contributed by atoms with Crippen LogP contribution in [0.4, 0.5) is 0 Å². The van der Waals surface area contributed by atoms with E-state index < -0.39 is 0 Å². The minimum atomic E-state index is -0.139. The molecular weight excluding hydrogens is 410 g/mol. The van der Waals surface area contributed by atoms with Gasteiger partial charge in [0.05, 0.1) is 10.2 Å². The molecule has 6 heteroatoms. The first kappa shape index (κ1) is 24.8. The van der Waals surface area contributed by atoms with Crippen molar-refractivity contribution in [3.8, 4) is 0 Å². The largest absolute Gasteiger partial charge is 0.311 e. The summed E-state index contributed by atoms with van der Waals surface area (Å²) in [6.45, 7) is 16.7. The van der Waals surface area contributed by atoms with Crippen LogP contribution in [0.5, 0.6) is 0 Å². The van der Waals surface area contributed by atoms with E-state index in [0.29, 0.717) is 6.04 Å². The Bertz CT molecular complexity index is 860. The Hall–Kier alpha value is -1.47. The van der Waals surface area contributed by atoms with Crippen LogP contribution >= 0.6 is 23.1 Å². The normalized spacial score (nSPS) is 15.3. The molecule has 1 aliphatic heterocycles. The van der Waals surface area contributed by atoms with Gasteiger partial charge in [0, 0.05) is 40.9 Å². The number of allylic oxidation sites excluding steroid dienone is 1. The zero-order valence-corrected chi connectivity index (χ0v) is 20.8. The molecule has 0 saturated carbocycles. The number of nitrogens with zero attached hydrogens (tertiary/aromatic N) is 2. The highest BCUT2D eigenvalue weighted by molar-refractivity contribution is 8.03. The number of para-hydroxylation sites is 1. The SMILES string of the molecule is C=C(C1=C(SCNC)CN(C(C)C)CC1)c1nc2ccccc2s1.CC(C)(C)C=O. The molecule has 0 radical (unpaired) electrons. The Morgan fingerprint density at radius 1 is 1.37 bits per heavy atom. The minimum absolute atomic E-state index is 0.139. The summed E-state index contributed by atoms with van der Waals surface area (Å²) in [4.78, 5) is 18.6. The molecule has 1 aromatic carbocycles. The van der Waals surface area contributed by atoms with Crippen LogP contribution in [0.15, 0.2) is 41.3 Å². The van der Waals surface area contributed by atoms with E-state index in [2.05, 4.69) is 48.8 Å². The van der Waals surface area contributed by atoms with Gasteiger partial charge in [0.2, 0.25) is 0 Å². The van der Waals surface area contributed by atoms with Gasteiger partial charge in [-0.25, -0.2) is 4.98 Å².